The Morgan fingerprint density at radius 2 is 1.91 bits per heavy atom. The third-order valence-electron chi connectivity index (χ3n) is 3.59. The Bertz CT molecular complexity index is 846. The molecule has 0 aliphatic heterocycles. The Kier molecular flexibility index (Phi) is 4.46. The molecule has 1 heterocycles. The van der Waals surface area contributed by atoms with Gasteiger partial charge in [-0.05, 0) is 30.3 Å². The van der Waals surface area contributed by atoms with Gasteiger partial charge in [-0.25, -0.2) is 4.98 Å². The summed E-state index contributed by atoms with van der Waals surface area (Å²) in [5, 5.41) is 14.3. The van der Waals surface area contributed by atoms with E-state index in [1.807, 2.05) is 35.9 Å². The standard InChI is InChI=1S/C17H15Cl2N3O/c1-22-15(11-3-2-4-13(18)7-11)10-21-17(22)20-9-12-8-14(19)5-6-16(12)23/h2-8,10,23H,9H2,1H3,(H,20,21). The number of benzene rings is 2. The first-order valence-corrected chi connectivity index (χ1v) is 7.79. The smallest absolute Gasteiger partial charge is 0.203 e. The Balaban J connectivity index is 1.81. The van der Waals surface area contributed by atoms with E-state index in [1.165, 1.54) is 0 Å². The number of nitrogens with zero attached hydrogens (tertiary/aromatic N) is 2. The molecule has 0 saturated heterocycles. The number of aromatic nitrogens is 2. The fourth-order valence-corrected chi connectivity index (χ4v) is 2.74. The van der Waals surface area contributed by atoms with Crippen LogP contribution in [0, 0.1) is 0 Å². The molecule has 1 aromatic heterocycles. The molecular weight excluding hydrogens is 333 g/mol. The largest absolute Gasteiger partial charge is 0.508 e. The molecule has 0 unspecified atom stereocenters. The van der Waals surface area contributed by atoms with Gasteiger partial charge in [0.2, 0.25) is 5.95 Å². The minimum Gasteiger partial charge on any atom is -0.508 e. The molecule has 0 saturated carbocycles. The second-order valence-electron chi connectivity index (χ2n) is 5.16. The zero-order valence-corrected chi connectivity index (χ0v) is 13.9. The monoisotopic (exact) mass is 347 g/mol. The number of imidazole rings is 1. The zero-order chi connectivity index (χ0) is 16.4. The molecule has 0 spiro atoms. The van der Waals surface area contributed by atoms with E-state index >= 15 is 0 Å². The normalized spacial score (nSPS) is 10.7. The summed E-state index contributed by atoms with van der Waals surface area (Å²) < 4.78 is 1.94. The van der Waals surface area contributed by atoms with Gasteiger partial charge in [0.1, 0.15) is 5.75 Å². The molecule has 3 rings (SSSR count). The summed E-state index contributed by atoms with van der Waals surface area (Å²) in [6, 6.07) is 12.6. The molecule has 6 heteroatoms. The number of halogens is 2. The van der Waals surface area contributed by atoms with Crippen molar-refractivity contribution in [3.8, 4) is 17.0 Å². The summed E-state index contributed by atoms with van der Waals surface area (Å²) in [6.45, 7) is 0.423. The SMILES string of the molecule is Cn1c(-c2cccc(Cl)c2)cnc1NCc1cc(Cl)ccc1O. The van der Waals surface area contributed by atoms with Gasteiger partial charge >= 0.3 is 0 Å². The summed E-state index contributed by atoms with van der Waals surface area (Å²) >= 11 is 12.0. The number of phenolic OH excluding ortho intramolecular Hbond substituents is 1. The molecule has 3 aromatic rings. The van der Waals surface area contributed by atoms with Gasteiger partial charge in [0.15, 0.2) is 0 Å². The summed E-state index contributed by atoms with van der Waals surface area (Å²) in [7, 11) is 1.92. The Labute approximate surface area is 144 Å². The second-order valence-corrected chi connectivity index (χ2v) is 6.04. The minimum absolute atomic E-state index is 0.200. The number of rotatable bonds is 4. The molecule has 118 valence electrons. The van der Waals surface area contributed by atoms with Crippen LogP contribution in [0.25, 0.3) is 11.3 Å². The second kappa shape index (κ2) is 6.52. The van der Waals surface area contributed by atoms with Gasteiger partial charge in [0.05, 0.1) is 11.9 Å². The lowest BCUT2D eigenvalue weighted by atomic mass is 10.2. The van der Waals surface area contributed by atoms with E-state index in [0.29, 0.717) is 28.1 Å². The molecule has 0 fully saturated rings. The molecular formula is C17H15Cl2N3O. The van der Waals surface area contributed by atoms with Gasteiger partial charge in [0, 0.05) is 34.8 Å². The van der Waals surface area contributed by atoms with Crippen LogP contribution in [0.3, 0.4) is 0 Å². The molecule has 2 N–H and O–H groups in total. The number of aromatic hydroxyl groups is 1. The molecule has 0 aliphatic carbocycles. The first-order valence-electron chi connectivity index (χ1n) is 7.03. The van der Waals surface area contributed by atoms with E-state index in [0.717, 1.165) is 11.3 Å². The van der Waals surface area contributed by atoms with E-state index in [-0.39, 0.29) is 5.75 Å². The van der Waals surface area contributed by atoms with Crippen molar-refractivity contribution in [3.63, 3.8) is 0 Å². The van der Waals surface area contributed by atoms with Crippen molar-refractivity contribution >= 4 is 29.2 Å². The van der Waals surface area contributed by atoms with E-state index in [9.17, 15) is 5.11 Å². The highest BCUT2D eigenvalue weighted by Gasteiger charge is 2.10. The van der Waals surface area contributed by atoms with E-state index in [4.69, 9.17) is 23.2 Å². The fourth-order valence-electron chi connectivity index (χ4n) is 2.36. The molecule has 0 radical (unpaired) electrons. The van der Waals surface area contributed by atoms with Crippen LogP contribution in [-0.4, -0.2) is 14.7 Å². The van der Waals surface area contributed by atoms with E-state index < -0.39 is 0 Å². The highest BCUT2D eigenvalue weighted by atomic mass is 35.5. The first-order chi connectivity index (χ1) is 11.0. The van der Waals surface area contributed by atoms with E-state index in [2.05, 4.69) is 10.3 Å². The third kappa shape index (κ3) is 3.44. The average molecular weight is 348 g/mol. The summed E-state index contributed by atoms with van der Waals surface area (Å²) in [5.74, 6) is 0.894. The number of hydrogen-bond donors (Lipinski definition) is 2. The molecule has 4 nitrogen and oxygen atoms in total. The van der Waals surface area contributed by atoms with Crippen molar-refractivity contribution in [2.45, 2.75) is 6.54 Å². The van der Waals surface area contributed by atoms with Gasteiger partial charge in [-0.15, -0.1) is 0 Å². The summed E-state index contributed by atoms with van der Waals surface area (Å²) in [4.78, 5) is 4.38. The van der Waals surface area contributed by atoms with Crippen molar-refractivity contribution in [1.82, 2.24) is 9.55 Å². The van der Waals surface area contributed by atoms with Crippen molar-refractivity contribution in [3.05, 3.63) is 64.3 Å². The van der Waals surface area contributed by atoms with Crippen LogP contribution in [0.1, 0.15) is 5.56 Å². The van der Waals surface area contributed by atoms with Crippen LogP contribution >= 0.6 is 23.2 Å². The van der Waals surface area contributed by atoms with Gasteiger partial charge < -0.3 is 15.0 Å². The molecule has 2 aromatic carbocycles. The number of anilines is 1. The van der Waals surface area contributed by atoms with Crippen molar-refractivity contribution in [1.29, 1.82) is 0 Å². The number of phenols is 1. The summed E-state index contributed by atoms with van der Waals surface area (Å²) in [5.41, 5.74) is 2.65. The van der Waals surface area contributed by atoms with Crippen molar-refractivity contribution < 1.29 is 5.11 Å². The van der Waals surface area contributed by atoms with Gasteiger partial charge in [-0.1, -0.05) is 35.3 Å². The molecule has 0 bridgehead atoms. The van der Waals surface area contributed by atoms with Crippen LogP contribution in [0.2, 0.25) is 10.0 Å². The predicted molar refractivity (Wildman–Crippen MR) is 94.1 cm³/mol. The van der Waals surface area contributed by atoms with Crippen LogP contribution < -0.4 is 5.32 Å². The average Bonchev–Trinajstić information content (AvgIpc) is 2.89. The number of nitrogens with one attached hydrogen (secondary N) is 1. The van der Waals surface area contributed by atoms with Gasteiger partial charge in [0.25, 0.3) is 0 Å². The lowest BCUT2D eigenvalue weighted by molar-refractivity contribution is 0.469. The van der Waals surface area contributed by atoms with Gasteiger partial charge in [-0.2, -0.15) is 0 Å². The maximum Gasteiger partial charge on any atom is 0.203 e. The Morgan fingerprint density at radius 3 is 2.70 bits per heavy atom. The lowest BCUT2D eigenvalue weighted by Gasteiger charge is -2.10. The highest BCUT2D eigenvalue weighted by molar-refractivity contribution is 6.31. The Hall–Kier alpha value is -2.17. The minimum atomic E-state index is 0.200. The van der Waals surface area contributed by atoms with Crippen LogP contribution in [-0.2, 0) is 13.6 Å². The predicted octanol–water partition coefficient (Wildman–Crippen LogP) is 4.71. The van der Waals surface area contributed by atoms with Gasteiger partial charge in [-0.3, -0.25) is 0 Å². The van der Waals surface area contributed by atoms with E-state index in [1.54, 1.807) is 24.4 Å². The fraction of sp³-hybridized carbons (Fsp3) is 0.118. The zero-order valence-electron chi connectivity index (χ0n) is 12.4. The molecule has 0 aliphatic rings. The molecule has 0 atom stereocenters. The maximum absolute atomic E-state index is 9.86. The topological polar surface area (TPSA) is 50.1 Å². The van der Waals surface area contributed by atoms with Crippen LogP contribution in [0.15, 0.2) is 48.7 Å². The maximum atomic E-state index is 9.86. The van der Waals surface area contributed by atoms with Crippen molar-refractivity contribution in [2.24, 2.45) is 7.05 Å². The lowest BCUT2D eigenvalue weighted by Crippen LogP contribution is -2.06. The van der Waals surface area contributed by atoms with Crippen LogP contribution in [0.4, 0.5) is 5.95 Å². The number of hydrogen-bond acceptors (Lipinski definition) is 3. The van der Waals surface area contributed by atoms with Crippen molar-refractivity contribution in [2.75, 3.05) is 5.32 Å². The molecule has 23 heavy (non-hydrogen) atoms. The quantitative estimate of drug-likeness (QED) is 0.718. The highest BCUT2D eigenvalue weighted by Crippen LogP contribution is 2.26. The molecule has 0 amide bonds. The van der Waals surface area contributed by atoms with Crippen LogP contribution in [0.5, 0.6) is 5.75 Å². The summed E-state index contributed by atoms with van der Waals surface area (Å²) in [6.07, 6.45) is 1.78. The Morgan fingerprint density at radius 1 is 1.13 bits per heavy atom. The first kappa shape index (κ1) is 15.7. The third-order valence-corrected chi connectivity index (χ3v) is 4.06.